The van der Waals surface area contributed by atoms with Gasteiger partial charge in [-0.15, -0.1) is 0 Å². The van der Waals surface area contributed by atoms with E-state index < -0.39 is 0 Å². The number of carbonyl (C=O) groups excluding carboxylic acids is 2. The maximum absolute atomic E-state index is 12.4. The topological polar surface area (TPSA) is 76.0 Å². The zero-order valence-electron chi connectivity index (χ0n) is 16.0. The molecule has 0 aliphatic heterocycles. The highest BCUT2D eigenvalue weighted by atomic mass is 16.2. The highest BCUT2D eigenvalue weighted by Crippen LogP contribution is 2.22. The maximum Gasteiger partial charge on any atom is 0.251 e. The van der Waals surface area contributed by atoms with Crippen molar-refractivity contribution in [3.8, 4) is 5.69 Å². The summed E-state index contributed by atoms with van der Waals surface area (Å²) >= 11 is 0. The van der Waals surface area contributed by atoms with Crippen LogP contribution >= 0.6 is 0 Å². The van der Waals surface area contributed by atoms with Crippen molar-refractivity contribution in [2.45, 2.75) is 33.2 Å². The third kappa shape index (κ3) is 4.34. The SMILES string of the molecule is Cc1nc2cc(C(=O)NCC(=O)NC(C)(C)C)ccc2n1-c1ccccc1. The largest absolute Gasteiger partial charge is 0.350 e. The van der Waals surface area contributed by atoms with Crippen molar-refractivity contribution < 1.29 is 9.59 Å². The van der Waals surface area contributed by atoms with Crippen molar-refractivity contribution in [3.05, 3.63) is 59.9 Å². The zero-order chi connectivity index (χ0) is 19.6. The zero-order valence-corrected chi connectivity index (χ0v) is 16.0. The van der Waals surface area contributed by atoms with E-state index in [2.05, 4.69) is 15.6 Å². The molecule has 27 heavy (non-hydrogen) atoms. The number of aromatic nitrogens is 2. The number of benzene rings is 2. The number of nitrogens with zero attached hydrogens (tertiary/aromatic N) is 2. The molecule has 2 amide bonds. The molecule has 2 aromatic carbocycles. The Morgan fingerprint density at radius 1 is 1.07 bits per heavy atom. The molecule has 1 heterocycles. The molecule has 0 unspecified atom stereocenters. The fourth-order valence-electron chi connectivity index (χ4n) is 2.97. The number of fused-ring (bicyclic) bond motifs is 1. The summed E-state index contributed by atoms with van der Waals surface area (Å²) in [6.07, 6.45) is 0. The van der Waals surface area contributed by atoms with Gasteiger partial charge in [-0.1, -0.05) is 18.2 Å². The Bertz CT molecular complexity index is 985. The molecule has 0 bridgehead atoms. The van der Waals surface area contributed by atoms with Crippen LogP contribution in [-0.4, -0.2) is 33.4 Å². The number of hydrogen-bond acceptors (Lipinski definition) is 3. The lowest BCUT2D eigenvalue weighted by atomic mass is 10.1. The smallest absolute Gasteiger partial charge is 0.251 e. The van der Waals surface area contributed by atoms with E-state index in [1.54, 1.807) is 12.1 Å². The predicted molar refractivity (Wildman–Crippen MR) is 106 cm³/mol. The number of nitrogens with one attached hydrogen (secondary N) is 2. The average molecular weight is 364 g/mol. The molecule has 3 aromatic rings. The van der Waals surface area contributed by atoms with Crippen LogP contribution in [0.25, 0.3) is 16.7 Å². The summed E-state index contributed by atoms with van der Waals surface area (Å²) in [6.45, 7) is 7.55. The Morgan fingerprint density at radius 3 is 2.44 bits per heavy atom. The van der Waals surface area contributed by atoms with Crippen molar-refractivity contribution in [2.24, 2.45) is 0 Å². The molecule has 0 saturated heterocycles. The van der Waals surface area contributed by atoms with Crippen LogP contribution in [0.3, 0.4) is 0 Å². The van der Waals surface area contributed by atoms with Crippen LogP contribution in [0.5, 0.6) is 0 Å². The van der Waals surface area contributed by atoms with Crippen LogP contribution in [0.2, 0.25) is 0 Å². The van der Waals surface area contributed by atoms with Crippen LogP contribution in [-0.2, 0) is 4.79 Å². The molecule has 2 N–H and O–H groups in total. The monoisotopic (exact) mass is 364 g/mol. The van der Waals surface area contributed by atoms with E-state index >= 15 is 0 Å². The summed E-state index contributed by atoms with van der Waals surface area (Å²) < 4.78 is 2.05. The molecule has 0 saturated carbocycles. The lowest BCUT2D eigenvalue weighted by Gasteiger charge is -2.20. The van der Waals surface area contributed by atoms with Gasteiger partial charge in [-0.05, 0) is 58.0 Å². The number of hydrogen-bond donors (Lipinski definition) is 2. The van der Waals surface area contributed by atoms with Gasteiger partial charge in [-0.2, -0.15) is 0 Å². The third-order valence-electron chi connectivity index (χ3n) is 4.02. The van der Waals surface area contributed by atoms with E-state index in [1.807, 2.05) is 68.7 Å². The molecule has 0 atom stereocenters. The Kier molecular flexibility index (Phi) is 4.99. The number of aryl methyl sites for hydroxylation is 1. The lowest BCUT2D eigenvalue weighted by molar-refractivity contribution is -0.121. The number of imidazole rings is 1. The Balaban J connectivity index is 1.79. The van der Waals surface area contributed by atoms with Crippen LogP contribution in [0.4, 0.5) is 0 Å². The first-order valence-corrected chi connectivity index (χ1v) is 8.88. The molecule has 0 fully saturated rings. The molecule has 0 aliphatic rings. The average Bonchev–Trinajstić information content (AvgIpc) is 2.93. The van der Waals surface area contributed by atoms with E-state index in [9.17, 15) is 9.59 Å². The highest BCUT2D eigenvalue weighted by Gasteiger charge is 2.16. The van der Waals surface area contributed by atoms with Gasteiger partial charge in [0.05, 0.1) is 17.6 Å². The van der Waals surface area contributed by atoms with Gasteiger partial charge in [0.1, 0.15) is 5.82 Å². The van der Waals surface area contributed by atoms with E-state index in [1.165, 1.54) is 0 Å². The fourth-order valence-corrected chi connectivity index (χ4v) is 2.97. The molecule has 6 heteroatoms. The lowest BCUT2D eigenvalue weighted by Crippen LogP contribution is -2.45. The van der Waals surface area contributed by atoms with Crippen LogP contribution in [0.15, 0.2) is 48.5 Å². The van der Waals surface area contributed by atoms with Gasteiger partial charge < -0.3 is 10.6 Å². The van der Waals surface area contributed by atoms with Crippen LogP contribution in [0.1, 0.15) is 37.0 Å². The molecular formula is C21H24N4O2. The van der Waals surface area contributed by atoms with E-state index in [0.717, 1.165) is 22.5 Å². The normalized spacial score (nSPS) is 11.4. The first-order valence-electron chi connectivity index (χ1n) is 8.88. The van der Waals surface area contributed by atoms with Crippen molar-refractivity contribution in [1.82, 2.24) is 20.2 Å². The minimum Gasteiger partial charge on any atom is -0.350 e. The Hall–Kier alpha value is -3.15. The summed E-state index contributed by atoms with van der Waals surface area (Å²) in [5, 5.41) is 5.47. The summed E-state index contributed by atoms with van der Waals surface area (Å²) in [4.78, 5) is 28.8. The Morgan fingerprint density at radius 2 is 1.78 bits per heavy atom. The summed E-state index contributed by atoms with van der Waals surface area (Å²) in [7, 11) is 0. The van der Waals surface area contributed by atoms with Crippen molar-refractivity contribution in [3.63, 3.8) is 0 Å². The summed E-state index contributed by atoms with van der Waals surface area (Å²) in [6, 6.07) is 15.3. The third-order valence-corrected chi connectivity index (χ3v) is 4.02. The van der Waals surface area contributed by atoms with E-state index in [-0.39, 0.29) is 23.9 Å². The number of carbonyl (C=O) groups is 2. The highest BCUT2D eigenvalue weighted by molar-refractivity contribution is 5.99. The molecule has 0 radical (unpaired) electrons. The number of amides is 2. The van der Waals surface area contributed by atoms with Gasteiger partial charge in [0.15, 0.2) is 0 Å². The minimum absolute atomic E-state index is 0.0639. The summed E-state index contributed by atoms with van der Waals surface area (Å²) in [5.41, 5.74) is 2.84. The second kappa shape index (κ2) is 7.23. The molecule has 140 valence electrons. The van der Waals surface area contributed by atoms with Crippen LogP contribution < -0.4 is 10.6 Å². The molecule has 6 nitrogen and oxygen atoms in total. The van der Waals surface area contributed by atoms with Crippen LogP contribution in [0, 0.1) is 6.92 Å². The first kappa shape index (κ1) is 18.6. The van der Waals surface area contributed by atoms with Crippen molar-refractivity contribution in [2.75, 3.05) is 6.54 Å². The molecular weight excluding hydrogens is 340 g/mol. The fraction of sp³-hybridized carbons (Fsp3) is 0.286. The summed E-state index contributed by atoms with van der Waals surface area (Å²) in [5.74, 6) is 0.326. The van der Waals surface area contributed by atoms with Gasteiger partial charge in [0, 0.05) is 16.8 Å². The number of rotatable bonds is 4. The minimum atomic E-state index is -0.331. The van der Waals surface area contributed by atoms with Gasteiger partial charge in [-0.25, -0.2) is 4.98 Å². The van der Waals surface area contributed by atoms with Crippen molar-refractivity contribution >= 4 is 22.8 Å². The standard InChI is InChI=1S/C21H24N4O2/c1-14-23-17-12-15(20(27)22-13-19(26)24-21(2,3)4)10-11-18(17)25(14)16-8-6-5-7-9-16/h5-12H,13H2,1-4H3,(H,22,27)(H,24,26). The van der Waals surface area contributed by atoms with Gasteiger partial charge in [0.2, 0.25) is 5.91 Å². The van der Waals surface area contributed by atoms with Gasteiger partial charge in [0.25, 0.3) is 5.91 Å². The Labute approximate surface area is 158 Å². The molecule has 1 aromatic heterocycles. The quantitative estimate of drug-likeness (QED) is 0.747. The van der Waals surface area contributed by atoms with E-state index in [4.69, 9.17) is 0 Å². The predicted octanol–water partition coefficient (Wildman–Crippen LogP) is 2.98. The molecule has 0 spiro atoms. The number of para-hydroxylation sites is 1. The first-order chi connectivity index (χ1) is 12.7. The van der Waals surface area contributed by atoms with Gasteiger partial charge >= 0.3 is 0 Å². The van der Waals surface area contributed by atoms with Gasteiger partial charge in [-0.3, -0.25) is 14.2 Å². The molecule has 3 rings (SSSR count). The maximum atomic E-state index is 12.4. The molecule has 0 aliphatic carbocycles. The second-order valence-corrected chi connectivity index (χ2v) is 7.51. The van der Waals surface area contributed by atoms with Crippen molar-refractivity contribution in [1.29, 1.82) is 0 Å². The van der Waals surface area contributed by atoms with E-state index in [0.29, 0.717) is 5.56 Å². The second-order valence-electron chi connectivity index (χ2n) is 7.51.